The van der Waals surface area contributed by atoms with Crippen molar-refractivity contribution in [2.24, 2.45) is 0 Å². The molecule has 3 aromatic carbocycles. The van der Waals surface area contributed by atoms with Gasteiger partial charge in [-0.15, -0.1) is 0 Å². The molecule has 0 radical (unpaired) electrons. The molecule has 0 aliphatic rings. The van der Waals surface area contributed by atoms with Gasteiger partial charge >= 0.3 is 0 Å². The molecule has 0 spiro atoms. The Morgan fingerprint density at radius 3 is 2.42 bits per heavy atom. The maximum atomic E-state index is 14.5. The first-order chi connectivity index (χ1) is 15.0. The van der Waals surface area contributed by atoms with Crippen LogP contribution >= 0.6 is 35.0 Å². The molecule has 1 amide bonds. The van der Waals surface area contributed by atoms with Crippen molar-refractivity contribution in [3.8, 4) is 5.69 Å². The molecule has 0 atom stereocenters. The van der Waals surface area contributed by atoms with E-state index in [0.29, 0.717) is 26.6 Å². The first kappa shape index (κ1) is 21.4. The number of thioether (sulfide) groups is 1. The van der Waals surface area contributed by atoms with Crippen molar-refractivity contribution in [1.29, 1.82) is 0 Å². The van der Waals surface area contributed by atoms with Crippen LogP contribution in [0.4, 0.5) is 10.1 Å². The van der Waals surface area contributed by atoms with E-state index in [1.807, 2.05) is 0 Å². The summed E-state index contributed by atoms with van der Waals surface area (Å²) in [5, 5.41) is 3.80. The molecule has 156 valence electrons. The maximum absolute atomic E-state index is 14.5. The molecule has 9 heteroatoms. The van der Waals surface area contributed by atoms with E-state index >= 15 is 0 Å². The average molecular weight is 474 g/mol. The zero-order valence-corrected chi connectivity index (χ0v) is 18.1. The molecule has 0 saturated heterocycles. The fourth-order valence-electron chi connectivity index (χ4n) is 2.98. The van der Waals surface area contributed by atoms with E-state index in [0.717, 1.165) is 11.8 Å². The number of benzene rings is 3. The molecule has 31 heavy (non-hydrogen) atoms. The van der Waals surface area contributed by atoms with E-state index in [2.05, 4.69) is 10.3 Å². The number of carbonyl (C=O) groups is 1. The lowest BCUT2D eigenvalue weighted by Gasteiger charge is -2.14. The molecule has 0 unspecified atom stereocenters. The maximum Gasteiger partial charge on any atom is 0.266 e. The number of fused-ring (bicyclic) bond motifs is 1. The molecule has 0 saturated carbocycles. The van der Waals surface area contributed by atoms with Crippen LogP contribution in [0.2, 0.25) is 10.0 Å². The summed E-state index contributed by atoms with van der Waals surface area (Å²) >= 11 is 13.2. The molecular formula is C22H14Cl2FN3O2S. The first-order valence-electron chi connectivity index (χ1n) is 9.09. The van der Waals surface area contributed by atoms with E-state index in [1.165, 1.54) is 22.8 Å². The van der Waals surface area contributed by atoms with Crippen LogP contribution in [0, 0.1) is 5.82 Å². The van der Waals surface area contributed by atoms with E-state index in [9.17, 15) is 14.0 Å². The highest BCUT2D eigenvalue weighted by molar-refractivity contribution is 7.99. The molecule has 0 fully saturated rings. The summed E-state index contributed by atoms with van der Waals surface area (Å²) in [5.74, 6) is -1.07. The van der Waals surface area contributed by atoms with Gasteiger partial charge in [0.2, 0.25) is 5.91 Å². The summed E-state index contributed by atoms with van der Waals surface area (Å²) in [7, 11) is 0. The Bertz CT molecular complexity index is 1340. The minimum atomic E-state index is -0.573. The summed E-state index contributed by atoms with van der Waals surface area (Å²) in [6.45, 7) is 0. The summed E-state index contributed by atoms with van der Waals surface area (Å²) < 4.78 is 15.7. The van der Waals surface area contributed by atoms with Gasteiger partial charge in [-0.1, -0.05) is 65.3 Å². The third-order valence-electron chi connectivity index (χ3n) is 4.40. The number of anilines is 1. The minimum absolute atomic E-state index is 0.0582. The minimum Gasteiger partial charge on any atom is -0.323 e. The number of hydrogen-bond acceptors (Lipinski definition) is 4. The number of halogens is 3. The number of aromatic nitrogens is 2. The lowest BCUT2D eigenvalue weighted by atomic mass is 10.2. The van der Waals surface area contributed by atoms with Crippen LogP contribution in [-0.4, -0.2) is 21.2 Å². The third-order valence-corrected chi connectivity index (χ3v) is 5.97. The molecule has 4 aromatic rings. The van der Waals surface area contributed by atoms with Gasteiger partial charge in [0.25, 0.3) is 5.56 Å². The van der Waals surface area contributed by atoms with E-state index in [4.69, 9.17) is 23.2 Å². The molecule has 0 aliphatic carbocycles. The van der Waals surface area contributed by atoms with Gasteiger partial charge in [-0.25, -0.2) is 9.37 Å². The van der Waals surface area contributed by atoms with E-state index < -0.39 is 17.3 Å². The predicted octanol–water partition coefficient (Wildman–Crippen LogP) is 5.56. The van der Waals surface area contributed by atoms with Gasteiger partial charge in [0.1, 0.15) is 5.82 Å². The van der Waals surface area contributed by atoms with Crippen LogP contribution in [-0.2, 0) is 4.79 Å². The molecule has 1 heterocycles. The van der Waals surface area contributed by atoms with Crippen molar-refractivity contribution in [2.45, 2.75) is 5.16 Å². The Morgan fingerprint density at radius 2 is 1.68 bits per heavy atom. The van der Waals surface area contributed by atoms with Crippen LogP contribution in [0.25, 0.3) is 16.6 Å². The van der Waals surface area contributed by atoms with Crippen molar-refractivity contribution in [3.05, 3.63) is 92.9 Å². The summed E-state index contributed by atoms with van der Waals surface area (Å²) in [4.78, 5) is 30.1. The molecule has 0 aliphatic heterocycles. The van der Waals surface area contributed by atoms with Crippen molar-refractivity contribution in [1.82, 2.24) is 9.55 Å². The third kappa shape index (κ3) is 4.44. The molecule has 1 aromatic heterocycles. The second kappa shape index (κ2) is 9.09. The summed E-state index contributed by atoms with van der Waals surface area (Å²) in [5.41, 5.74) is 0.391. The SMILES string of the molecule is O=C(CSc1nc2ccccc2c(=O)n1-c1ccccc1F)Nc1c(Cl)cccc1Cl. The van der Waals surface area contributed by atoms with Crippen molar-refractivity contribution >= 4 is 57.5 Å². The van der Waals surface area contributed by atoms with Crippen molar-refractivity contribution < 1.29 is 9.18 Å². The number of hydrogen-bond donors (Lipinski definition) is 1. The topological polar surface area (TPSA) is 64.0 Å². The van der Waals surface area contributed by atoms with Gasteiger partial charge < -0.3 is 5.32 Å². The zero-order valence-electron chi connectivity index (χ0n) is 15.8. The normalized spacial score (nSPS) is 10.9. The highest BCUT2D eigenvalue weighted by Crippen LogP contribution is 2.30. The largest absolute Gasteiger partial charge is 0.323 e. The van der Waals surface area contributed by atoms with Crippen LogP contribution in [0.15, 0.2) is 76.7 Å². The number of nitrogens with one attached hydrogen (secondary N) is 1. The quantitative estimate of drug-likeness (QED) is 0.304. The van der Waals surface area contributed by atoms with Gasteiger partial charge in [0.15, 0.2) is 5.16 Å². The van der Waals surface area contributed by atoms with Gasteiger partial charge in [0.05, 0.1) is 38.1 Å². The fraction of sp³-hybridized carbons (Fsp3) is 0.0455. The van der Waals surface area contributed by atoms with Crippen LogP contribution in [0.1, 0.15) is 0 Å². The molecule has 0 bridgehead atoms. The van der Waals surface area contributed by atoms with Gasteiger partial charge in [-0.2, -0.15) is 0 Å². The lowest BCUT2D eigenvalue weighted by Crippen LogP contribution is -2.23. The number of amides is 1. The second-order valence-electron chi connectivity index (χ2n) is 6.44. The Morgan fingerprint density at radius 1 is 1.00 bits per heavy atom. The van der Waals surface area contributed by atoms with Crippen molar-refractivity contribution in [2.75, 3.05) is 11.1 Å². The molecule has 5 nitrogen and oxygen atoms in total. The number of para-hydroxylation sites is 3. The Hall–Kier alpha value is -2.87. The highest BCUT2D eigenvalue weighted by atomic mass is 35.5. The summed E-state index contributed by atoms with van der Waals surface area (Å²) in [6.07, 6.45) is 0. The monoisotopic (exact) mass is 473 g/mol. The van der Waals surface area contributed by atoms with E-state index in [1.54, 1.807) is 48.5 Å². The Labute approximate surface area is 190 Å². The highest BCUT2D eigenvalue weighted by Gasteiger charge is 2.17. The number of nitrogens with zero attached hydrogens (tertiary/aromatic N) is 2. The fourth-order valence-corrected chi connectivity index (χ4v) is 4.28. The Kier molecular flexibility index (Phi) is 6.27. The van der Waals surface area contributed by atoms with Crippen LogP contribution in [0.3, 0.4) is 0 Å². The lowest BCUT2D eigenvalue weighted by molar-refractivity contribution is -0.113. The van der Waals surface area contributed by atoms with Gasteiger partial charge in [-0.05, 0) is 36.4 Å². The molecule has 1 N–H and O–H groups in total. The van der Waals surface area contributed by atoms with Crippen LogP contribution < -0.4 is 10.9 Å². The van der Waals surface area contributed by atoms with E-state index in [-0.39, 0.29) is 16.6 Å². The standard InChI is InChI=1S/C22H14Cl2FN3O2S/c23-14-7-5-8-15(24)20(14)27-19(29)12-31-22-26-17-10-3-1-6-13(17)21(30)28(22)18-11-4-2-9-16(18)25/h1-11H,12H2,(H,27,29). The smallest absolute Gasteiger partial charge is 0.266 e. The predicted molar refractivity (Wildman–Crippen MR) is 123 cm³/mol. The van der Waals surface area contributed by atoms with Gasteiger partial charge in [0, 0.05) is 0 Å². The number of rotatable bonds is 5. The molecular weight excluding hydrogens is 460 g/mol. The summed E-state index contributed by atoms with van der Waals surface area (Å²) in [6, 6.07) is 17.6. The van der Waals surface area contributed by atoms with Crippen LogP contribution in [0.5, 0.6) is 0 Å². The van der Waals surface area contributed by atoms with Crippen molar-refractivity contribution in [3.63, 3.8) is 0 Å². The first-order valence-corrected chi connectivity index (χ1v) is 10.8. The number of carbonyl (C=O) groups excluding carboxylic acids is 1. The second-order valence-corrected chi connectivity index (χ2v) is 8.19. The van der Waals surface area contributed by atoms with Gasteiger partial charge in [-0.3, -0.25) is 14.2 Å². The zero-order chi connectivity index (χ0) is 22.0. The molecule has 4 rings (SSSR count). The average Bonchev–Trinajstić information content (AvgIpc) is 2.76. The Balaban J connectivity index is 1.70.